The number of aromatic nitrogens is 3. The first-order valence-electron chi connectivity index (χ1n) is 8.87. The Balaban J connectivity index is 1.39. The van der Waals surface area contributed by atoms with E-state index in [9.17, 15) is 9.59 Å². The van der Waals surface area contributed by atoms with E-state index in [2.05, 4.69) is 26.0 Å². The Morgan fingerprint density at radius 2 is 1.65 bits per heavy atom. The first kappa shape index (κ1) is 17.2. The number of rotatable bonds is 2. The van der Waals surface area contributed by atoms with Crippen LogP contribution in [0.3, 0.4) is 0 Å². The standard InChI is InChI=1S/C18H20BrN5O2/c19-14-9-13(11-20-12-14)17(25)22-5-7-23(8-6-22)18(26)16-10-15-3-1-2-4-24(15)21-16/h9-12H,1-8H2. The summed E-state index contributed by atoms with van der Waals surface area (Å²) in [6.45, 7) is 2.98. The van der Waals surface area contributed by atoms with Gasteiger partial charge in [0.2, 0.25) is 0 Å². The van der Waals surface area contributed by atoms with Crippen LogP contribution in [-0.4, -0.2) is 62.6 Å². The van der Waals surface area contributed by atoms with Gasteiger partial charge in [-0.05, 0) is 47.3 Å². The van der Waals surface area contributed by atoms with Gasteiger partial charge in [0.05, 0.1) is 5.56 Å². The summed E-state index contributed by atoms with van der Waals surface area (Å²) in [6, 6.07) is 3.69. The van der Waals surface area contributed by atoms with E-state index >= 15 is 0 Å². The molecule has 0 atom stereocenters. The number of pyridine rings is 1. The van der Waals surface area contributed by atoms with Crippen molar-refractivity contribution >= 4 is 27.7 Å². The Kier molecular flexibility index (Phi) is 4.76. The molecule has 2 aliphatic heterocycles. The lowest BCUT2D eigenvalue weighted by atomic mass is 10.1. The highest BCUT2D eigenvalue weighted by Gasteiger charge is 2.27. The van der Waals surface area contributed by atoms with Crippen LogP contribution < -0.4 is 0 Å². The van der Waals surface area contributed by atoms with Crippen molar-refractivity contribution in [1.82, 2.24) is 24.6 Å². The number of amides is 2. The fraction of sp³-hybridized carbons (Fsp3) is 0.444. The molecular formula is C18H20BrN5O2. The van der Waals surface area contributed by atoms with Gasteiger partial charge in [-0.15, -0.1) is 0 Å². The number of piperazine rings is 1. The minimum atomic E-state index is -0.0524. The smallest absolute Gasteiger partial charge is 0.274 e. The van der Waals surface area contributed by atoms with Gasteiger partial charge in [-0.25, -0.2) is 0 Å². The summed E-state index contributed by atoms with van der Waals surface area (Å²) in [4.78, 5) is 32.9. The summed E-state index contributed by atoms with van der Waals surface area (Å²) >= 11 is 3.34. The first-order valence-corrected chi connectivity index (χ1v) is 9.67. The van der Waals surface area contributed by atoms with Gasteiger partial charge in [-0.2, -0.15) is 5.10 Å². The minimum absolute atomic E-state index is 0.0388. The Morgan fingerprint density at radius 3 is 2.35 bits per heavy atom. The molecule has 0 aromatic carbocycles. The minimum Gasteiger partial charge on any atom is -0.335 e. The van der Waals surface area contributed by atoms with Crippen LogP contribution in [0.25, 0.3) is 0 Å². The van der Waals surface area contributed by atoms with E-state index in [0.717, 1.165) is 36.0 Å². The van der Waals surface area contributed by atoms with Crippen LogP contribution in [-0.2, 0) is 13.0 Å². The third kappa shape index (κ3) is 3.38. The number of fused-ring (bicyclic) bond motifs is 1. The Labute approximate surface area is 160 Å². The predicted octanol–water partition coefficient (Wildman–Crippen LogP) is 1.98. The van der Waals surface area contributed by atoms with Crippen LogP contribution in [0.15, 0.2) is 29.0 Å². The van der Waals surface area contributed by atoms with Crippen LogP contribution >= 0.6 is 15.9 Å². The fourth-order valence-electron chi connectivity index (χ4n) is 3.51. The van der Waals surface area contributed by atoms with E-state index < -0.39 is 0 Å². The summed E-state index contributed by atoms with van der Waals surface area (Å²) in [5.41, 5.74) is 2.23. The van der Waals surface area contributed by atoms with Gasteiger partial charge >= 0.3 is 0 Å². The molecule has 2 amide bonds. The number of carbonyl (C=O) groups excluding carboxylic acids is 2. The lowest BCUT2D eigenvalue weighted by molar-refractivity contribution is 0.0531. The topological polar surface area (TPSA) is 71.3 Å². The van der Waals surface area contributed by atoms with Gasteiger partial charge in [0.15, 0.2) is 5.69 Å². The molecule has 0 radical (unpaired) electrons. The summed E-state index contributed by atoms with van der Waals surface area (Å²) in [5, 5.41) is 4.47. The quantitative estimate of drug-likeness (QED) is 0.748. The van der Waals surface area contributed by atoms with Gasteiger partial charge in [-0.3, -0.25) is 19.3 Å². The summed E-state index contributed by atoms with van der Waals surface area (Å²) in [5.74, 6) is -0.0912. The summed E-state index contributed by atoms with van der Waals surface area (Å²) in [7, 11) is 0. The van der Waals surface area contributed by atoms with Crippen LogP contribution in [0.1, 0.15) is 39.4 Å². The van der Waals surface area contributed by atoms with E-state index in [4.69, 9.17) is 0 Å². The van der Waals surface area contributed by atoms with Gasteiger partial charge in [0.25, 0.3) is 11.8 Å². The van der Waals surface area contributed by atoms with Crippen LogP contribution in [0.2, 0.25) is 0 Å². The molecule has 0 N–H and O–H groups in total. The van der Waals surface area contributed by atoms with Gasteiger partial charge in [-0.1, -0.05) is 0 Å². The van der Waals surface area contributed by atoms with Crippen molar-refractivity contribution in [3.63, 3.8) is 0 Å². The molecule has 4 rings (SSSR count). The molecule has 0 saturated carbocycles. The molecule has 7 nitrogen and oxygen atoms in total. The number of nitrogens with zero attached hydrogens (tertiary/aromatic N) is 5. The van der Waals surface area contributed by atoms with Crippen LogP contribution in [0, 0.1) is 0 Å². The average Bonchev–Trinajstić information content (AvgIpc) is 3.11. The maximum absolute atomic E-state index is 12.7. The van der Waals surface area contributed by atoms with Crippen molar-refractivity contribution in [2.75, 3.05) is 26.2 Å². The Morgan fingerprint density at radius 1 is 0.923 bits per heavy atom. The van der Waals surface area contributed by atoms with E-state index in [1.807, 2.05) is 10.7 Å². The van der Waals surface area contributed by atoms with Crippen LogP contribution in [0.5, 0.6) is 0 Å². The first-order chi connectivity index (χ1) is 12.6. The van der Waals surface area contributed by atoms with E-state index in [0.29, 0.717) is 37.4 Å². The third-order valence-electron chi connectivity index (χ3n) is 4.94. The molecule has 0 bridgehead atoms. The lowest BCUT2D eigenvalue weighted by Crippen LogP contribution is -2.50. The monoisotopic (exact) mass is 417 g/mol. The van der Waals surface area contributed by atoms with E-state index in [-0.39, 0.29) is 11.8 Å². The molecule has 136 valence electrons. The summed E-state index contributed by atoms with van der Waals surface area (Å²) in [6.07, 6.45) is 6.49. The molecule has 0 spiro atoms. The second kappa shape index (κ2) is 7.19. The van der Waals surface area contributed by atoms with Crippen molar-refractivity contribution < 1.29 is 9.59 Å². The van der Waals surface area contributed by atoms with Crippen molar-refractivity contribution in [3.05, 3.63) is 46.0 Å². The highest BCUT2D eigenvalue weighted by atomic mass is 79.9. The number of hydrogen-bond acceptors (Lipinski definition) is 4. The Bertz CT molecular complexity index is 818. The van der Waals surface area contributed by atoms with Crippen molar-refractivity contribution in [3.8, 4) is 0 Å². The third-order valence-corrected chi connectivity index (χ3v) is 5.37. The molecular weight excluding hydrogens is 398 g/mol. The lowest BCUT2D eigenvalue weighted by Gasteiger charge is -2.34. The molecule has 1 fully saturated rings. The normalized spacial score (nSPS) is 17.1. The molecule has 8 heteroatoms. The number of aryl methyl sites for hydroxylation is 2. The van der Waals surface area contributed by atoms with Crippen molar-refractivity contribution in [1.29, 1.82) is 0 Å². The Hall–Kier alpha value is -2.22. The zero-order chi connectivity index (χ0) is 18.1. The zero-order valence-electron chi connectivity index (χ0n) is 14.4. The van der Waals surface area contributed by atoms with Crippen molar-refractivity contribution in [2.24, 2.45) is 0 Å². The molecule has 2 aromatic heterocycles. The number of hydrogen-bond donors (Lipinski definition) is 0. The van der Waals surface area contributed by atoms with Crippen LogP contribution in [0.4, 0.5) is 0 Å². The number of carbonyl (C=O) groups is 2. The highest BCUT2D eigenvalue weighted by molar-refractivity contribution is 9.10. The van der Waals surface area contributed by atoms with E-state index in [1.54, 1.807) is 28.3 Å². The maximum Gasteiger partial charge on any atom is 0.274 e. The van der Waals surface area contributed by atoms with Crippen molar-refractivity contribution in [2.45, 2.75) is 25.8 Å². The summed E-state index contributed by atoms with van der Waals surface area (Å²) < 4.78 is 2.73. The average molecular weight is 418 g/mol. The zero-order valence-corrected chi connectivity index (χ0v) is 16.0. The molecule has 26 heavy (non-hydrogen) atoms. The molecule has 2 aliphatic rings. The van der Waals surface area contributed by atoms with Gasteiger partial charge < -0.3 is 9.80 Å². The molecule has 4 heterocycles. The second-order valence-corrected chi connectivity index (χ2v) is 7.59. The number of halogens is 1. The molecule has 0 aliphatic carbocycles. The van der Waals surface area contributed by atoms with E-state index in [1.165, 1.54) is 0 Å². The second-order valence-electron chi connectivity index (χ2n) is 6.68. The van der Waals surface area contributed by atoms with Gasteiger partial charge in [0.1, 0.15) is 0 Å². The maximum atomic E-state index is 12.7. The largest absolute Gasteiger partial charge is 0.335 e. The molecule has 2 aromatic rings. The molecule has 0 unspecified atom stereocenters. The predicted molar refractivity (Wildman–Crippen MR) is 98.9 cm³/mol. The van der Waals surface area contributed by atoms with Gasteiger partial charge in [0, 0.05) is 55.3 Å². The fourth-order valence-corrected chi connectivity index (χ4v) is 3.87. The highest BCUT2D eigenvalue weighted by Crippen LogP contribution is 2.18. The molecule has 1 saturated heterocycles. The SMILES string of the molecule is O=C(c1cncc(Br)c1)N1CCN(C(=O)c2cc3n(n2)CCCC3)CC1.